The monoisotopic (exact) mass is 554 g/mol. The van der Waals surface area contributed by atoms with Gasteiger partial charge in [-0.25, -0.2) is 13.4 Å². The average Bonchev–Trinajstić information content (AvgIpc) is 3.11. The summed E-state index contributed by atoms with van der Waals surface area (Å²) in [4.78, 5) is 5.01. The summed E-state index contributed by atoms with van der Waals surface area (Å²) in [6, 6.07) is 15.9. The number of hydrogen-bond donors (Lipinski definition) is 2. The van der Waals surface area contributed by atoms with Crippen LogP contribution in [-0.4, -0.2) is 38.3 Å². The van der Waals surface area contributed by atoms with E-state index in [-0.39, 0.29) is 24.0 Å². The van der Waals surface area contributed by atoms with E-state index in [0.29, 0.717) is 11.4 Å². The Morgan fingerprint density at radius 1 is 1.10 bits per heavy atom. The lowest BCUT2D eigenvalue weighted by Gasteiger charge is -2.12. The maximum atomic E-state index is 11.8. The van der Waals surface area contributed by atoms with Gasteiger partial charge in [0.15, 0.2) is 15.8 Å². The lowest BCUT2D eigenvalue weighted by Crippen LogP contribution is -2.38. The molecule has 31 heavy (non-hydrogen) atoms. The maximum Gasteiger partial charge on any atom is 0.191 e. The molecule has 0 atom stereocenters. The Bertz CT molecular complexity index is 1140. The van der Waals surface area contributed by atoms with E-state index in [1.807, 2.05) is 26.0 Å². The number of aromatic nitrogens is 1. The zero-order valence-corrected chi connectivity index (χ0v) is 21.4. The van der Waals surface area contributed by atoms with Crippen LogP contribution in [0.4, 0.5) is 0 Å². The van der Waals surface area contributed by atoms with Gasteiger partial charge in [0.25, 0.3) is 0 Å². The van der Waals surface area contributed by atoms with Crippen LogP contribution in [0.15, 0.2) is 64.6 Å². The number of aliphatic imine (C=N–C) groups is 1. The molecule has 3 rings (SSSR count). The summed E-state index contributed by atoms with van der Waals surface area (Å²) in [5.74, 6) is 0.764. The first kappa shape index (κ1) is 25.2. The number of para-hydroxylation sites is 1. The first-order valence-corrected chi connectivity index (χ1v) is 12.1. The molecule has 168 valence electrons. The van der Waals surface area contributed by atoms with Gasteiger partial charge in [0, 0.05) is 37.6 Å². The molecule has 0 aliphatic carbocycles. The number of nitrogens with one attached hydrogen (secondary N) is 2. The molecule has 1 heterocycles. The van der Waals surface area contributed by atoms with Gasteiger partial charge in [-0.05, 0) is 55.0 Å². The molecule has 0 aliphatic heterocycles. The van der Waals surface area contributed by atoms with Gasteiger partial charge in [-0.1, -0.05) is 30.3 Å². The van der Waals surface area contributed by atoms with Crippen LogP contribution >= 0.6 is 24.0 Å². The number of fused-ring (bicyclic) bond motifs is 1. The van der Waals surface area contributed by atoms with Crippen molar-refractivity contribution in [3.63, 3.8) is 0 Å². The molecule has 0 saturated heterocycles. The van der Waals surface area contributed by atoms with Crippen molar-refractivity contribution in [2.75, 3.05) is 19.3 Å². The quantitative estimate of drug-likeness (QED) is 0.190. The van der Waals surface area contributed by atoms with E-state index in [0.717, 1.165) is 43.1 Å². The maximum absolute atomic E-state index is 11.8. The molecule has 0 saturated carbocycles. The largest absolute Gasteiger partial charge is 0.357 e. The van der Waals surface area contributed by atoms with Crippen LogP contribution in [-0.2, 0) is 22.9 Å². The second kappa shape index (κ2) is 11.5. The number of rotatable bonds is 8. The number of benzene rings is 2. The smallest absolute Gasteiger partial charge is 0.191 e. The molecular weight excluding hydrogens is 523 g/mol. The molecule has 0 radical (unpaired) electrons. The van der Waals surface area contributed by atoms with Crippen molar-refractivity contribution in [1.29, 1.82) is 0 Å². The molecule has 6 nitrogen and oxygen atoms in total. The number of halogens is 1. The fraction of sp³-hybridized carbons (Fsp3) is 0.348. The van der Waals surface area contributed by atoms with Crippen LogP contribution in [0.5, 0.6) is 0 Å². The average molecular weight is 554 g/mol. The van der Waals surface area contributed by atoms with Crippen LogP contribution in [0, 0.1) is 6.92 Å². The van der Waals surface area contributed by atoms with Crippen LogP contribution in [0.25, 0.3) is 10.9 Å². The Morgan fingerprint density at radius 2 is 1.87 bits per heavy atom. The third-order valence-corrected chi connectivity index (χ3v) is 6.21. The lowest BCUT2D eigenvalue weighted by molar-refractivity contribution is 0.601. The predicted molar refractivity (Wildman–Crippen MR) is 139 cm³/mol. The van der Waals surface area contributed by atoms with Gasteiger partial charge in [-0.3, -0.25) is 0 Å². The normalized spacial score (nSPS) is 11.9. The molecule has 0 fully saturated rings. The minimum atomic E-state index is -3.20. The van der Waals surface area contributed by atoms with E-state index in [9.17, 15) is 8.42 Å². The summed E-state index contributed by atoms with van der Waals surface area (Å²) in [7, 11) is -3.20. The van der Waals surface area contributed by atoms with Crippen molar-refractivity contribution in [1.82, 2.24) is 15.2 Å². The summed E-state index contributed by atoms with van der Waals surface area (Å²) < 4.78 is 25.8. The summed E-state index contributed by atoms with van der Waals surface area (Å²) in [6.45, 7) is 6.87. The summed E-state index contributed by atoms with van der Waals surface area (Å²) >= 11 is 0. The molecule has 1 aromatic heterocycles. The SMILES string of the molecule is CCNC(=NCc1ccc(S(C)(=O)=O)c(C)c1)NCCCn1ccc2ccccc21.I. The van der Waals surface area contributed by atoms with E-state index in [1.54, 1.807) is 6.07 Å². The molecule has 0 spiro atoms. The van der Waals surface area contributed by atoms with Crippen molar-refractivity contribution >= 4 is 50.7 Å². The Kier molecular flexibility index (Phi) is 9.36. The molecule has 0 unspecified atom stereocenters. The van der Waals surface area contributed by atoms with Gasteiger partial charge in [0.1, 0.15) is 0 Å². The second-order valence-corrected chi connectivity index (χ2v) is 9.40. The molecule has 0 amide bonds. The third-order valence-electron chi connectivity index (χ3n) is 4.95. The highest BCUT2D eigenvalue weighted by Gasteiger charge is 2.10. The van der Waals surface area contributed by atoms with Crippen LogP contribution in [0.3, 0.4) is 0 Å². The van der Waals surface area contributed by atoms with Gasteiger partial charge < -0.3 is 15.2 Å². The highest BCUT2D eigenvalue weighted by Crippen LogP contribution is 2.17. The molecular formula is C23H31IN4O2S. The highest BCUT2D eigenvalue weighted by molar-refractivity contribution is 14.0. The molecule has 2 N–H and O–H groups in total. The minimum absolute atomic E-state index is 0. The van der Waals surface area contributed by atoms with E-state index < -0.39 is 9.84 Å². The Morgan fingerprint density at radius 3 is 2.58 bits per heavy atom. The van der Waals surface area contributed by atoms with Crippen LogP contribution in [0.1, 0.15) is 24.5 Å². The zero-order chi connectivity index (χ0) is 21.6. The fourth-order valence-corrected chi connectivity index (χ4v) is 4.49. The third kappa shape index (κ3) is 6.96. The summed E-state index contributed by atoms with van der Waals surface area (Å²) in [5.41, 5.74) is 2.99. The van der Waals surface area contributed by atoms with Crippen molar-refractivity contribution in [3.05, 3.63) is 65.9 Å². The molecule has 0 bridgehead atoms. The predicted octanol–water partition coefficient (Wildman–Crippen LogP) is 4.12. The van der Waals surface area contributed by atoms with Gasteiger partial charge >= 0.3 is 0 Å². The van der Waals surface area contributed by atoms with Crippen molar-refractivity contribution < 1.29 is 8.42 Å². The van der Waals surface area contributed by atoms with E-state index >= 15 is 0 Å². The van der Waals surface area contributed by atoms with Gasteiger partial charge in [0.05, 0.1) is 11.4 Å². The van der Waals surface area contributed by atoms with E-state index in [1.165, 1.54) is 17.2 Å². The van der Waals surface area contributed by atoms with Gasteiger partial charge in [0.2, 0.25) is 0 Å². The van der Waals surface area contributed by atoms with Crippen LogP contribution < -0.4 is 10.6 Å². The minimum Gasteiger partial charge on any atom is -0.357 e. The van der Waals surface area contributed by atoms with Crippen LogP contribution in [0.2, 0.25) is 0 Å². The standard InChI is InChI=1S/C23H30N4O2S.HI/c1-4-24-23(26-17-19-10-11-22(18(2)16-19)30(3,28)29)25-13-7-14-27-15-12-20-8-5-6-9-21(20)27;/h5-6,8-12,15-16H,4,7,13-14,17H2,1-3H3,(H2,24,25,26);1H. The molecule has 2 aromatic carbocycles. The molecule has 3 aromatic rings. The summed E-state index contributed by atoms with van der Waals surface area (Å²) in [6.07, 6.45) is 4.34. The van der Waals surface area contributed by atoms with Gasteiger partial charge in [-0.15, -0.1) is 24.0 Å². The van der Waals surface area contributed by atoms with E-state index in [2.05, 4.69) is 56.7 Å². The highest BCUT2D eigenvalue weighted by atomic mass is 127. The number of hydrogen-bond acceptors (Lipinski definition) is 3. The zero-order valence-electron chi connectivity index (χ0n) is 18.3. The van der Waals surface area contributed by atoms with Crippen molar-refractivity contribution in [3.8, 4) is 0 Å². The number of sulfone groups is 1. The van der Waals surface area contributed by atoms with Crippen molar-refractivity contribution in [2.24, 2.45) is 4.99 Å². The number of nitrogens with zero attached hydrogens (tertiary/aromatic N) is 2. The Balaban J connectivity index is 0.00000341. The fourth-order valence-electron chi connectivity index (χ4n) is 3.53. The Hall–Kier alpha value is -2.07. The van der Waals surface area contributed by atoms with E-state index in [4.69, 9.17) is 0 Å². The summed E-state index contributed by atoms with van der Waals surface area (Å²) in [5, 5.41) is 7.91. The second-order valence-electron chi connectivity index (χ2n) is 7.42. The first-order chi connectivity index (χ1) is 14.4. The van der Waals surface area contributed by atoms with Crippen molar-refractivity contribution in [2.45, 2.75) is 38.3 Å². The Labute approximate surface area is 202 Å². The number of aryl methyl sites for hydroxylation is 2. The molecule has 0 aliphatic rings. The number of guanidine groups is 1. The lowest BCUT2D eigenvalue weighted by atomic mass is 10.1. The molecule has 8 heteroatoms. The van der Waals surface area contributed by atoms with Gasteiger partial charge in [-0.2, -0.15) is 0 Å². The topological polar surface area (TPSA) is 75.5 Å². The first-order valence-electron chi connectivity index (χ1n) is 10.2.